The quantitative estimate of drug-likeness (QED) is 0.747. The summed E-state index contributed by atoms with van der Waals surface area (Å²) in [6.45, 7) is 4.82. The van der Waals surface area contributed by atoms with Crippen LogP contribution < -0.4 is 5.32 Å². The topological polar surface area (TPSA) is 58.6 Å². The molecule has 2 N–H and O–H groups in total. The molecule has 16 heavy (non-hydrogen) atoms. The van der Waals surface area contributed by atoms with Crippen molar-refractivity contribution in [3.63, 3.8) is 0 Å². The van der Waals surface area contributed by atoms with E-state index < -0.39 is 36.9 Å². The summed E-state index contributed by atoms with van der Waals surface area (Å²) in [4.78, 5) is 11.0. The van der Waals surface area contributed by atoms with Gasteiger partial charge in [-0.25, -0.2) is 4.79 Å². The number of hydrogen-bond donors (Lipinski definition) is 2. The molecule has 7 heteroatoms. The molecule has 96 valence electrons. The molecule has 0 aromatic carbocycles. The standard InChI is InChI=1S/C9H16F3NO3/c1-8(2,3)16-7(15)13-6(14)4-5-9(10,11)12/h6,14H,4-5H2,1-3H3,(H,13,15). The molecule has 0 aliphatic heterocycles. The van der Waals surface area contributed by atoms with E-state index in [2.05, 4.69) is 0 Å². The van der Waals surface area contributed by atoms with Gasteiger partial charge in [-0.1, -0.05) is 0 Å². The Bertz CT molecular complexity index is 235. The monoisotopic (exact) mass is 243 g/mol. The first-order valence-electron chi connectivity index (χ1n) is 4.74. The van der Waals surface area contributed by atoms with Crippen molar-refractivity contribution < 1.29 is 27.8 Å². The SMILES string of the molecule is CC(C)(C)OC(=O)NC(O)CCC(F)(F)F. The lowest BCUT2D eigenvalue weighted by Gasteiger charge is -2.21. The molecule has 1 atom stereocenters. The molecule has 0 radical (unpaired) electrons. The van der Waals surface area contributed by atoms with Crippen LogP contribution in [0.5, 0.6) is 0 Å². The molecule has 0 aromatic rings. The molecular formula is C9H16F3NO3. The van der Waals surface area contributed by atoms with Crippen LogP contribution in [0.25, 0.3) is 0 Å². The van der Waals surface area contributed by atoms with Gasteiger partial charge in [0.15, 0.2) is 0 Å². The van der Waals surface area contributed by atoms with E-state index in [1.807, 2.05) is 5.32 Å². The maximum Gasteiger partial charge on any atom is 0.409 e. The van der Waals surface area contributed by atoms with Crippen LogP contribution in [0.15, 0.2) is 0 Å². The van der Waals surface area contributed by atoms with Gasteiger partial charge in [-0.05, 0) is 20.8 Å². The van der Waals surface area contributed by atoms with Crippen molar-refractivity contribution in [2.24, 2.45) is 0 Å². The molecule has 0 rings (SSSR count). The van der Waals surface area contributed by atoms with Gasteiger partial charge in [-0.2, -0.15) is 13.2 Å². The van der Waals surface area contributed by atoms with E-state index in [1.165, 1.54) is 0 Å². The number of aliphatic hydroxyl groups is 1. The first-order chi connectivity index (χ1) is 6.99. The summed E-state index contributed by atoms with van der Waals surface area (Å²) >= 11 is 0. The number of carbonyl (C=O) groups excluding carboxylic acids is 1. The third-order valence-corrected chi connectivity index (χ3v) is 1.38. The number of hydrogen-bond acceptors (Lipinski definition) is 3. The van der Waals surface area contributed by atoms with Crippen LogP contribution in [0.3, 0.4) is 0 Å². The lowest BCUT2D eigenvalue weighted by molar-refractivity contribution is -0.140. The van der Waals surface area contributed by atoms with E-state index >= 15 is 0 Å². The summed E-state index contributed by atoms with van der Waals surface area (Å²) in [7, 11) is 0. The lowest BCUT2D eigenvalue weighted by atomic mass is 10.2. The lowest BCUT2D eigenvalue weighted by Crippen LogP contribution is -2.39. The Morgan fingerprint density at radius 2 is 1.88 bits per heavy atom. The highest BCUT2D eigenvalue weighted by molar-refractivity contribution is 5.67. The third kappa shape index (κ3) is 9.57. The smallest absolute Gasteiger partial charge is 0.409 e. The van der Waals surface area contributed by atoms with Crippen molar-refractivity contribution in [2.75, 3.05) is 0 Å². The maximum absolute atomic E-state index is 11.8. The third-order valence-electron chi connectivity index (χ3n) is 1.38. The fourth-order valence-electron chi connectivity index (χ4n) is 0.816. The molecule has 0 saturated heterocycles. The minimum absolute atomic E-state index is 0.595. The number of rotatable bonds is 3. The van der Waals surface area contributed by atoms with Crippen molar-refractivity contribution in [2.45, 2.75) is 51.6 Å². The van der Waals surface area contributed by atoms with Gasteiger partial charge in [0.2, 0.25) is 0 Å². The molecule has 4 nitrogen and oxygen atoms in total. The van der Waals surface area contributed by atoms with Crippen LogP contribution >= 0.6 is 0 Å². The molecule has 0 saturated carbocycles. The number of nitrogens with one attached hydrogen (secondary N) is 1. The Hall–Kier alpha value is -0.980. The van der Waals surface area contributed by atoms with E-state index in [0.29, 0.717) is 0 Å². The van der Waals surface area contributed by atoms with E-state index in [0.717, 1.165) is 0 Å². The highest BCUT2D eigenvalue weighted by Gasteiger charge is 2.28. The van der Waals surface area contributed by atoms with E-state index in [9.17, 15) is 18.0 Å². The van der Waals surface area contributed by atoms with Gasteiger partial charge in [0.1, 0.15) is 11.8 Å². The maximum atomic E-state index is 11.8. The van der Waals surface area contributed by atoms with E-state index in [1.54, 1.807) is 20.8 Å². The Morgan fingerprint density at radius 3 is 2.25 bits per heavy atom. The molecule has 0 aliphatic rings. The van der Waals surface area contributed by atoms with Crippen molar-refractivity contribution >= 4 is 6.09 Å². The van der Waals surface area contributed by atoms with Gasteiger partial charge in [0.05, 0.1) is 0 Å². The Morgan fingerprint density at radius 1 is 1.38 bits per heavy atom. The van der Waals surface area contributed by atoms with Gasteiger partial charge in [-0.15, -0.1) is 0 Å². The van der Waals surface area contributed by atoms with Crippen molar-refractivity contribution in [1.82, 2.24) is 5.32 Å². The number of carbonyl (C=O) groups is 1. The summed E-state index contributed by atoms with van der Waals surface area (Å²) < 4.78 is 40.1. The van der Waals surface area contributed by atoms with Gasteiger partial charge in [0.25, 0.3) is 0 Å². The molecule has 1 unspecified atom stereocenters. The molecule has 0 heterocycles. The number of ether oxygens (including phenoxy) is 1. The predicted molar refractivity (Wildman–Crippen MR) is 50.7 cm³/mol. The second-order valence-electron chi connectivity index (χ2n) is 4.32. The van der Waals surface area contributed by atoms with Crippen LogP contribution in [-0.4, -0.2) is 29.2 Å². The number of amides is 1. The average Bonchev–Trinajstić information content (AvgIpc) is 1.95. The Balaban J connectivity index is 3.88. The highest BCUT2D eigenvalue weighted by atomic mass is 19.4. The van der Waals surface area contributed by atoms with Crippen molar-refractivity contribution in [3.05, 3.63) is 0 Å². The summed E-state index contributed by atoms with van der Waals surface area (Å²) in [5.41, 5.74) is -0.756. The number of aliphatic hydroxyl groups excluding tert-OH is 1. The minimum atomic E-state index is -4.35. The Labute approximate surface area is 91.8 Å². The second-order valence-corrected chi connectivity index (χ2v) is 4.32. The van der Waals surface area contributed by atoms with E-state index in [-0.39, 0.29) is 0 Å². The fourth-order valence-corrected chi connectivity index (χ4v) is 0.816. The van der Waals surface area contributed by atoms with Crippen LogP contribution in [0.2, 0.25) is 0 Å². The second kappa shape index (κ2) is 5.38. The average molecular weight is 243 g/mol. The highest BCUT2D eigenvalue weighted by Crippen LogP contribution is 2.21. The van der Waals surface area contributed by atoms with E-state index in [4.69, 9.17) is 9.84 Å². The normalized spacial score (nSPS) is 14.4. The first kappa shape index (κ1) is 15.0. The molecule has 1 amide bonds. The molecular weight excluding hydrogens is 227 g/mol. The number of alkyl halides is 3. The summed E-state index contributed by atoms with van der Waals surface area (Å²) in [6.07, 6.45) is -8.61. The molecule has 0 aromatic heterocycles. The van der Waals surface area contributed by atoms with Crippen LogP contribution in [0, 0.1) is 0 Å². The minimum Gasteiger partial charge on any atom is -0.444 e. The molecule has 0 spiro atoms. The van der Waals surface area contributed by atoms with Gasteiger partial charge >= 0.3 is 12.3 Å². The largest absolute Gasteiger partial charge is 0.444 e. The Kier molecular flexibility index (Phi) is 5.05. The number of alkyl carbamates (subject to hydrolysis) is 1. The fraction of sp³-hybridized carbons (Fsp3) is 0.889. The zero-order chi connectivity index (χ0) is 13.0. The summed E-state index contributed by atoms with van der Waals surface area (Å²) in [5.74, 6) is 0. The molecule has 0 aliphatic carbocycles. The van der Waals surface area contributed by atoms with Gasteiger partial charge in [-0.3, -0.25) is 5.32 Å². The zero-order valence-corrected chi connectivity index (χ0v) is 9.39. The van der Waals surface area contributed by atoms with Crippen LogP contribution in [0.4, 0.5) is 18.0 Å². The van der Waals surface area contributed by atoms with Gasteiger partial charge < -0.3 is 9.84 Å². The first-order valence-corrected chi connectivity index (χ1v) is 4.74. The summed E-state index contributed by atoms with van der Waals surface area (Å²) in [6, 6.07) is 0. The number of halogens is 3. The molecule has 0 bridgehead atoms. The predicted octanol–water partition coefficient (Wildman–Crippen LogP) is 2.17. The van der Waals surface area contributed by atoms with Crippen LogP contribution in [0.1, 0.15) is 33.6 Å². The van der Waals surface area contributed by atoms with Crippen molar-refractivity contribution in [3.8, 4) is 0 Å². The van der Waals surface area contributed by atoms with Crippen LogP contribution in [-0.2, 0) is 4.74 Å². The van der Waals surface area contributed by atoms with Crippen molar-refractivity contribution in [1.29, 1.82) is 0 Å². The zero-order valence-electron chi connectivity index (χ0n) is 9.39. The van der Waals surface area contributed by atoms with Gasteiger partial charge in [0, 0.05) is 12.8 Å². The summed E-state index contributed by atoms with van der Waals surface area (Å²) in [5, 5.41) is 11.0. The molecule has 0 fully saturated rings.